The lowest BCUT2D eigenvalue weighted by molar-refractivity contribution is 0.0516. The molecular formula is C20H23FN2O2S. The second-order valence-electron chi connectivity index (χ2n) is 7.20. The van der Waals surface area contributed by atoms with E-state index in [1.165, 1.54) is 50.2 Å². The Hall–Kier alpha value is -1.95. The van der Waals surface area contributed by atoms with Gasteiger partial charge in [0, 0.05) is 18.5 Å². The van der Waals surface area contributed by atoms with Gasteiger partial charge in [0.1, 0.15) is 22.3 Å². The zero-order chi connectivity index (χ0) is 18.1. The van der Waals surface area contributed by atoms with Gasteiger partial charge in [-0.1, -0.05) is 25.3 Å². The van der Waals surface area contributed by atoms with Crippen LogP contribution in [0.25, 0.3) is 10.6 Å². The summed E-state index contributed by atoms with van der Waals surface area (Å²) in [6, 6.07) is 4.69. The van der Waals surface area contributed by atoms with E-state index in [9.17, 15) is 9.18 Å². The molecule has 1 aliphatic carbocycles. The number of nitrogens with zero attached hydrogens (tertiary/aromatic N) is 2. The van der Waals surface area contributed by atoms with Gasteiger partial charge in [-0.3, -0.25) is 4.79 Å². The first kappa shape index (κ1) is 17.5. The third kappa shape index (κ3) is 3.22. The van der Waals surface area contributed by atoms with E-state index in [-0.39, 0.29) is 11.7 Å². The highest BCUT2D eigenvalue weighted by molar-refractivity contribution is 7.13. The second-order valence-corrected chi connectivity index (χ2v) is 8.06. The minimum absolute atomic E-state index is 0.0353. The SMILES string of the molecule is COc1cccc(F)c1-c1nc(C(=O)N2CCC3CCCCC3C2)cs1. The minimum atomic E-state index is -0.388. The van der Waals surface area contributed by atoms with Crippen molar-refractivity contribution in [1.82, 2.24) is 9.88 Å². The number of carbonyl (C=O) groups is 1. The van der Waals surface area contributed by atoms with Gasteiger partial charge in [0.15, 0.2) is 0 Å². The van der Waals surface area contributed by atoms with Gasteiger partial charge in [-0.15, -0.1) is 11.3 Å². The van der Waals surface area contributed by atoms with Crippen molar-refractivity contribution in [3.05, 3.63) is 35.1 Å². The molecule has 0 N–H and O–H groups in total. The number of methoxy groups -OCH3 is 1. The molecule has 0 radical (unpaired) electrons. The molecule has 1 aromatic heterocycles. The van der Waals surface area contributed by atoms with Crippen LogP contribution in [-0.2, 0) is 0 Å². The number of piperidine rings is 1. The monoisotopic (exact) mass is 374 g/mol. The summed E-state index contributed by atoms with van der Waals surface area (Å²) in [5.74, 6) is 1.42. The van der Waals surface area contributed by atoms with Crippen LogP contribution < -0.4 is 4.74 Å². The second kappa shape index (κ2) is 7.35. The molecule has 2 unspecified atom stereocenters. The zero-order valence-corrected chi connectivity index (χ0v) is 15.7. The summed E-state index contributed by atoms with van der Waals surface area (Å²) >= 11 is 1.28. The maximum atomic E-state index is 14.3. The number of likely N-dealkylation sites (tertiary alicyclic amines) is 1. The van der Waals surface area contributed by atoms with Gasteiger partial charge in [0.05, 0.1) is 12.7 Å². The van der Waals surface area contributed by atoms with Crippen LogP contribution in [0.1, 0.15) is 42.6 Å². The van der Waals surface area contributed by atoms with Crippen molar-refractivity contribution in [2.75, 3.05) is 20.2 Å². The van der Waals surface area contributed by atoms with E-state index >= 15 is 0 Å². The maximum Gasteiger partial charge on any atom is 0.273 e. The number of rotatable bonds is 3. The standard InChI is InChI=1S/C20H23FN2O2S/c1-25-17-8-4-7-15(21)18(17)19-22-16(12-26-19)20(24)23-10-9-13-5-2-3-6-14(13)11-23/h4,7-8,12-14H,2-3,5-6,9-11H2,1H3. The molecule has 138 valence electrons. The lowest BCUT2D eigenvalue weighted by atomic mass is 9.75. The summed E-state index contributed by atoms with van der Waals surface area (Å²) in [6.45, 7) is 1.63. The number of hydrogen-bond donors (Lipinski definition) is 0. The zero-order valence-electron chi connectivity index (χ0n) is 14.9. The van der Waals surface area contributed by atoms with Gasteiger partial charge >= 0.3 is 0 Å². The first-order valence-electron chi connectivity index (χ1n) is 9.25. The maximum absolute atomic E-state index is 14.3. The summed E-state index contributed by atoms with van der Waals surface area (Å²) in [4.78, 5) is 19.3. The quantitative estimate of drug-likeness (QED) is 0.788. The first-order chi connectivity index (χ1) is 12.7. The number of fused-ring (bicyclic) bond motifs is 1. The molecule has 1 aromatic carbocycles. The van der Waals surface area contributed by atoms with Crippen molar-refractivity contribution in [1.29, 1.82) is 0 Å². The molecular weight excluding hydrogens is 351 g/mol. The summed E-state index contributed by atoms with van der Waals surface area (Å²) < 4.78 is 19.5. The van der Waals surface area contributed by atoms with Gasteiger partial charge in [0.25, 0.3) is 5.91 Å². The molecule has 0 spiro atoms. The molecule has 6 heteroatoms. The van der Waals surface area contributed by atoms with Crippen molar-refractivity contribution >= 4 is 17.2 Å². The van der Waals surface area contributed by atoms with Gasteiger partial charge in [0.2, 0.25) is 0 Å². The fourth-order valence-electron chi connectivity index (χ4n) is 4.32. The summed E-state index contributed by atoms with van der Waals surface area (Å²) in [6.07, 6.45) is 6.23. The molecule has 2 heterocycles. The number of ether oxygens (including phenoxy) is 1. The van der Waals surface area contributed by atoms with E-state index in [0.29, 0.717) is 27.9 Å². The highest BCUT2D eigenvalue weighted by Crippen LogP contribution is 2.37. The smallest absolute Gasteiger partial charge is 0.273 e. The van der Waals surface area contributed by atoms with Crippen LogP contribution in [0.15, 0.2) is 23.6 Å². The molecule has 4 nitrogen and oxygen atoms in total. The summed E-state index contributed by atoms with van der Waals surface area (Å²) in [7, 11) is 1.51. The van der Waals surface area contributed by atoms with Gasteiger partial charge < -0.3 is 9.64 Å². The number of halogens is 1. The van der Waals surface area contributed by atoms with Gasteiger partial charge in [-0.25, -0.2) is 9.37 Å². The largest absolute Gasteiger partial charge is 0.496 e. The van der Waals surface area contributed by atoms with Crippen molar-refractivity contribution in [3.63, 3.8) is 0 Å². The predicted octanol–water partition coefficient (Wildman–Crippen LogP) is 4.61. The number of aromatic nitrogens is 1. The van der Waals surface area contributed by atoms with E-state index < -0.39 is 0 Å². The topological polar surface area (TPSA) is 42.4 Å². The van der Waals surface area contributed by atoms with E-state index in [4.69, 9.17) is 4.74 Å². The summed E-state index contributed by atoms with van der Waals surface area (Å²) in [5, 5.41) is 2.21. The fraction of sp³-hybridized carbons (Fsp3) is 0.500. The van der Waals surface area contributed by atoms with Crippen molar-refractivity contribution in [2.45, 2.75) is 32.1 Å². The molecule has 2 aliphatic rings. The lowest BCUT2D eigenvalue weighted by Crippen LogP contribution is -2.44. The molecule has 1 aliphatic heterocycles. The Kier molecular flexibility index (Phi) is 4.94. The average Bonchev–Trinajstić information content (AvgIpc) is 3.16. The van der Waals surface area contributed by atoms with E-state index in [1.54, 1.807) is 17.5 Å². The number of thiazole rings is 1. The highest BCUT2D eigenvalue weighted by Gasteiger charge is 2.34. The Morgan fingerprint density at radius 1 is 1.27 bits per heavy atom. The number of hydrogen-bond acceptors (Lipinski definition) is 4. The molecule has 0 bridgehead atoms. The number of benzene rings is 1. The third-order valence-corrected chi connectivity index (χ3v) is 6.57. The van der Waals surface area contributed by atoms with Crippen molar-refractivity contribution < 1.29 is 13.9 Å². The molecule has 4 rings (SSSR count). The van der Waals surface area contributed by atoms with E-state index in [1.807, 2.05) is 4.90 Å². The molecule has 1 saturated carbocycles. The van der Waals surface area contributed by atoms with Gasteiger partial charge in [-0.05, 0) is 36.8 Å². The Labute approximate surface area is 157 Å². The van der Waals surface area contributed by atoms with Crippen LogP contribution in [0.2, 0.25) is 0 Å². The number of amides is 1. The van der Waals surface area contributed by atoms with Crippen LogP contribution in [-0.4, -0.2) is 36.0 Å². The highest BCUT2D eigenvalue weighted by atomic mass is 32.1. The molecule has 2 atom stereocenters. The van der Waals surface area contributed by atoms with Crippen LogP contribution in [0, 0.1) is 17.7 Å². The van der Waals surface area contributed by atoms with Crippen LogP contribution >= 0.6 is 11.3 Å². The molecule has 1 saturated heterocycles. The fourth-order valence-corrected chi connectivity index (χ4v) is 5.16. The Morgan fingerprint density at radius 3 is 2.88 bits per heavy atom. The molecule has 2 fully saturated rings. The Morgan fingerprint density at radius 2 is 2.08 bits per heavy atom. The van der Waals surface area contributed by atoms with Crippen molar-refractivity contribution in [3.8, 4) is 16.3 Å². The van der Waals surface area contributed by atoms with Gasteiger partial charge in [-0.2, -0.15) is 0 Å². The van der Waals surface area contributed by atoms with Crippen molar-refractivity contribution in [2.24, 2.45) is 11.8 Å². The summed E-state index contributed by atoms with van der Waals surface area (Å²) in [5.41, 5.74) is 0.731. The van der Waals surface area contributed by atoms with Crippen LogP contribution in [0.5, 0.6) is 5.75 Å². The van der Waals surface area contributed by atoms with E-state index in [0.717, 1.165) is 25.4 Å². The predicted molar refractivity (Wildman–Crippen MR) is 100 cm³/mol. The number of carbonyl (C=O) groups excluding carboxylic acids is 1. The molecule has 26 heavy (non-hydrogen) atoms. The Bertz CT molecular complexity index is 807. The van der Waals surface area contributed by atoms with Crippen LogP contribution in [0.4, 0.5) is 4.39 Å². The van der Waals surface area contributed by atoms with Crippen LogP contribution in [0.3, 0.4) is 0 Å². The average molecular weight is 374 g/mol. The lowest BCUT2D eigenvalue weighted by Gasteiger charge is -2.41. The molecule has 1 amide bonds. The first-order valence-corrected chi connectivity index (χ1v) is 10.1. The molecule has 2 aromatic rings. The van der Waals surface area contributed by atoms with E-state index in [2.05, 4.69) is 4.98 Å². The third-order valence-electron chi connectivity index (χ3n) is 5.71. The minimum Gasteiger partial charge on any atom is -0.496 e. The normalized spacial score (nSPS) is 22.8. The Balaban J connectivity index is 1.54.